The average Bonchev–Trinajstić information content (AvgIpc) is 2.16. The molecule has 0 aromatic carbocycles. The number of hydrogen-bond donors (Lipinski definition) is 2. The summed E-state index contributed by atoms with van der Waals surface area (Å²) >= 11 is 0. The number of esters is 1. The van der Waals surface area contributed by atoms with Gasteiger partial charge in [-0.3, -0.25) is 4.90 Å². The van der Waals surface area contributed by atoms with Gasteiger partial charge in [0.05, 0.1) is 7.11 Å². The summed E-state index contributed by atoms with van der Waals surface area (Å²) in [4.78, 5) is 22.9. The molecule has 1 fully saturated rings. The van der Waals surface area contributed by atoms with Crippen LogP contribution in [0.4, 0.5) is 4.79 Å². The van der Waals surface area contributed by atoms with Gasteiger partial charge < -0.3 is 15.2 Å². The van der Waals surface area contributed by atoms with E-state index in [0.717, 1.165) is 4.90 Å². The van der Waals surface area contributed by atoms with Crippen LogP contribution < -0.4 is 5.32 Å². The van der Waals surface area contributed by atoms with Crippen LogP contribution in [0.5, 0.6) is 0 Å². The van der Waals surface area contributed by atoms with Crippen molar-refractivity contribution >= 4 is 12.1 Å². The van der Waals surface area contributed by atoms with Crippen LogP contribution in [0.1, 0.15) is 0 Å². The molecule has 1 atom stereocenters. The summed E-state index contributed by atoms with van der Waals surface area (Å²) in [5.41, 5.74) is 0. The first kappa shape index (κ1) is 9.79. The lowest BCUT2D eigenvalue weighted by Gasteiger charge is -2.31. The molecule has 74 valence electrons. The highest BCUT2D eigenvalue weighted by Crippen LogP contribution is 2.04. The Balaban J connectivity index is 2.67. The molecule has 1 saturated heterocycles. The number of nitrogens with zero attached hydrogens (tertiary/aromatic N) is 1. The molecule has 1 unspecified atom stereocenters. The molecule has 13 heavy (non-hydrogen) atoms. The van der Waals surface area contributed by atoms with Crippen molar-refractivity contribution in [1.29, 1.82) is 0 Å². The number of ether oxygens (including phenoxy) is 1. The lowest BCUT2D eigenvalue weighted by molar-refractivity contribution is -0.146. The molecule has 0 saturated carbocycles. The van der Waals surface area contributed by atoms with E-state index < -0.39 is 18.1 Å². The van der Waals surface area contributed by atoms with E-state index in [4.69, 9.17) is 5.11 Å². The zero-order valence-corrected chi connectivity index (χ0v) is 7.32. The Kier molecular flexibility index (Phi) is 3.07. The van der Waals surface area contributed by atoms with Crippen molar-refractivity contribution in [2.75, 3.05) is 26.7 Å². The second-order valence-electron chi connectivity index (χ2n) is 2.72. The summed E-state index contributed by atoms with van der Waals surface area (Å²) in [6.45, 7) is 1.20. The fraction of sp³-hybridized carbons (Fsp3) is 0.714. The standard InChI is InChI=1S/C7H12N2O4/c1-13-6(10)5-4-8-2-3-9(5)7(11)12/h5,8H,2-4H2,1H3,(H,11,12). The third kappa shape index (κ3) is 2.09. The van der Waals surface area contributed by atoms with Crippen molar-refractivity contribution in [3.63, 3.8) is 0 Å². The van der Waals surface area contributed by atoms with Crippen LogP contribution >= 0.6 is 0 Å². The summed E-state index contributed by atoms with van der Waals surface area (Å²) in [6, 6.07) is -0.712. The van der Waals surface area contributed by atoms with Gasteiger partial charge >= 0.3 is 12.1 Å². The lowest BCUT2D eigenvalue weighted by Crippen LogP contribution is -2.56. The van der Waals surface area contributed by atoms with Crippen LogP contribution in [0.3, 0.4) is 0 Å². The van der Waals surface area contributed by atoms with Crippen LogP contribution in [-0.4, -0.2) is 54.9 Å². The first-order valence-corrected chi connectivity index (χ1v) is 3.95. The number of hydrogen-bond acceptors (Lipinski definition) is 4. The number of nitrogens with one attached hydrogen (secondary N) is 1. The van der Waals surface area contributed by atoms with E-state index in [1.807, 2.05) is 0 Å². The zero-order chi connectivity index (χ0) is 9.84. The van der Waals surface area contributed by atoms with Crippen LogP contribution in [0, 0.1) is 0 Å². The van der Waals surface area contributed by atoms with E-state index >= 15 is 0 Å². The van der Waals surface area contributed by atoms with Crippen molar-refractivity contribution < 1.29 is 19.4 Å². The van der Waals surface area contributed by atoms with Gasteiger partial charge in [-0.25, -0.2) is 9.59 Å². The van der Waals surface area contributed by atoms with Crippen molar-refractivity contribution in [3.8, 4) is 0 Å². The van der Waals surface area contributed by atoms with Crippen LogP contribution in [0.25, 0.3) is 0 Å². The molecule has 1 heterocycles. The summed E-state index contributed by atoms with van der Waals surface area (Å²) in [5.74, 6) is -0.519. The summed E-state index contributed by atoms with van der Waals surface area (Å²) in [6.07, 6.45) is -1.09. The number of rotatable bonds is 1. The van der Waals surface area contributed by atoms with E-state index in [2.05, 4.69) is 10.1 Å². The van der Waals surface area contributed by atoms with Gasteiger partial charge in [0, 0.05) is 19.6 Å². The Hall–Kier alpha value is -1.30. The van der Waals surface area contributed by atoms with Gasteiger partial charge in [0.1, 0.15) is 6.04 Å². The summed E-state index contributed by atoms with van der Waals surface area (Å²) in [5, 5.41) is 11.7. The van der Waals surface area contributed by atoms with Gasteiger partial charge in [-0.1, -0.05) is 0 Å². The normalized spacial score (nSPS) is 22.5. The van der Waals surface area contributed by atoms with Crippen LogP contribution in [-0.2, 0) is 9.53 Å². The third-order valence-corrected chi connectivity index (χ3v) is 1.96. The minimum atomic E-state index is -1.09. The Morgan fingerprint density at radius 2 is 2.31 bits per heavy atom. The number of piperazine rings is 1. The SMILES string of the molecule is COC(=O)C1CNCCN1C(=O)O. The van der Waals surface area contributed by atoms with E-state index in [0.29, 0.717) is 19.6 Å². The Labute approximate surface area is 75.5 Å². The predicted molar refractivity (Wildman–Crippen MR) is 43.4 cm³/mol. The minimum Gasteiger partial charge on any atom is -0.467 e. The van der Waals surface area contributed by atoms with Crippen LogP contribution in [0.2, 0.25) is 0 Å². The second kappa shape index (κ2) is 4.08. The topological polar surface area (TPSA) is 78.9 Å². The Bertz CT molecular complexity index is 219. The minimum absolute atomic E-state index is 0.315. The molecule has 6 heteroatoms. The Morgan fingerprint density at radius 1 is 1.62 bits per heavy atom. The first-order chi connectivity index (χ1) is 6.16. The average molecular weight is 188 g/mol. The van der Waals surface area contributed by atoms with Crippen molar-refractivity contribution in [2.24, 2.45) is 0 Å². The molecule has 1 aliphatic rings. The zero-order valence-electron chi connectivity index (χ0n) is 7.32. The molecule has 1 rings (SSSR count). The van der Waals surface area contributed by atoms with Gasteiger partial charge in [-0.05, 0) is 0 Å². The molecular weight excluding hydrogens is 176 g/mol. The summed E-state index contributed by atoms with van der Waals surface area (Å²) in [7, 11) is 1.25. The van der Waals surface area contributed by atoms with Crippen molar-refractivity contribution in [2.45, 2.75) is 6.04 Å². The number of methoxy groups -OCH3 is 1. The number of carboxylic acid groups (broad SMARTS) is 1. The molecule has 1 amide bonds. The highest BCUT2D eigenvalue weighted by atomic mass is 16.5. The first-order valence-electron chi connectivity index (χ1n) is 3.95. The Morgan fingerprint density at radius 3 is 2.85 bits per heavy atom. The van der Waals surface area contributed by atoms with Crippen molar-refractivity contribution in [1.82, 2.24) is 10.2 Å². The maximum atomic E-state index is 11.1. The predicted octanol–water partition coefficient (Wildman–Crippen LogP) is -0.889. The van der Waals surface area contributed by atoms with Crippen molar-refractivity contribution in [3.05, 3.63) is 0 Å². The van der Waals surface area contributed by atoms with E-state index in [1.54, 1.807) is 0 Å². The fourth-order valence-corrected chi connectivity index (χ4v) is 1.28. The molecule has 2 N–H and O–H groups in total. The third-order valence-electron chi connectivity index (χ3n) is 1.96. The highest BCUT2D eigenvalue weighted by molar-refractivity contribution is 5.81. The quantitative estimate of drug-likeness (QED) is 0.522. The number of carbonyl (C=O) groups excluding carboxylic acids is 1. The van der Waals surface area contributed by atoms with Gasteiger partial charge in [0.15, 0.2) is 0 Å². The van der Waals surface area contributed by atoms with Gasteiger partial charge in [0.2, 0.25) is 0 Å². The summed E-state index contributed by atoms with van der Waals surface area (Å²) < 4.78 is 4.49. The van der Waals surface area contributed by atoms with Gasteiger partial charge in [-0.15, -0.1) is 0 Å². The molecular formula is C7H12N2O4. The maximum Gasteiger partial charge on any atom is 0.408 e. The lowest BCUT2D eigenvalue weighted by atomic mass is 10.2. The van der Waals surface area contributed by atoms with Gasteiger partial charge in [-0.2, -0.15) is 0 Å². The molecule has 6 nitrogen and oxygen atoms in total. The smallest absolute Gasteiger partial charge is 0.408 e. The van der Waals surface area contributed by atoms with Crippen LogP contribution in [0.15, 0.2) is 0 Å². The fourth-order valence-electron chi connectivity index (χ4n) is 1.28. The molecule has 0 bridgehead atoms. The molecule has 0 spiro atoms. The molecule has 0 aromatic heterocycles. The molecule has 1 aliphatic heterocycles. The number of amides is 1. The molecule has 0 aromatic rings. The molecule has 0 radical (unpaired) electrons. The highest BCUT2D eigenvalue weighted by Gasteiger charge is 2.32. The monoisotopic (exact) mass is 188 g/mol. The molecule has 0 aliphatic carbocycles. The van der Waals surface area contributed by atoms with E-state index in [9.17, 15) is 9.59 Å². The van der Waals surface area contributed by atoms with Gasteiger partial charge in [0.25, 0.3) is 0 Å². The maximum absolute atomic E-state index is 11.1. The van der Waals surface area contributed by atoms with E-state index in [1.165, 1.54) is 7.11 Å². The second-order valence-corrected chi connectivity index (χ2v) is 2.72. The number of carbonyl (C=O) groups is 2. The largest absolute Gasteiger partial charge is 0.467 e. The van der Waals surface area contributed by atoms with E-state index in [-0.39, 0.29) is 0 Å².